The Labute approximate surface area is 118 Å². The van der Waals surface area contributed by atoms with Gasteiger partial charge in [-0.15, -0.1) is 0 Å². The monoisotopic (exact) mass is 265 g/mol. The quantitative estimate of drug-likeness (QED) is 0.620. The molecule has 2 aromatic carbocycles. The van der Waals surface area contributed by atoms with Gasteiger partial charge >= 0.3 is 0 Å². The summed E-state index contributed by atoms with van der Waals surface area (Å²) in [4.78, 5) is 23.8. The van der Waals surface area contributed by atoms with Gasteiger partial charge in [-0.2, -0.15) is 0 Å². The molecule has 1 aliphatic rings. The summed E-state index contributed by atoms with van der Waals surface area (Å²) >= 11 is 0. The molecule has 0 aliphatic heterocycles. The van der Waals surface area contributed by atoms with Gasteiger partial charge < -0.3 is 0 Å². The highest BCUT2D eigenvalue weighted by Gasteiger charge is 2.31. The average Bonchev–Trinajstić information content (AvgIpc) is 3.01. The standard InChI is InChI=1S/C18H17O2/c19-12-17(14-6-2-3-7-14)18(20)16-10-9-13-5-1-4-8-15(13)11-16/h1,4-5,8-11,14,17H,2-3,6-7H2. The molecule has 1 aliphatic carbocycles. The lowest BCUT2D eigenvalue weighted by atomic mass is 9.85. The predicted octanol–water partition coefficient (Wildman–Crippen LogP) is 3.94. The Bertz CT molecular complexity index is 639. The third-order valence-corrected chi connectivity index (χ3v) is 4.31. The van der Waals surface area contributed by atoms with E-state index in [4.69, 9.17) is 0 Å². The second-order valence-corrected chi connectivity index (χ2v) is 5.57. The van der Waals surface area contributed by atoms with E-state index in [1.165, 1.54) is 0 Å². The van der Waals surface area contributed by atoms with E-state index in [0.29, 0.717) is 5.56 Å². The smallest absolute Gasteiger partial charge is 0.210 e. The number of hydrogen-bond donors (Lipinski definition) is 0. The molecule has 0 amide bonds. The first-order valence-corrected chi connectivity index (χ1v) is 7.20. The molecule has 0 spiro atoms. The lowest BCUT2D eigenvalue weighted by Gasteiger charge is -2.15. The molecule has 101 valence electrons. The molecule has 2 nitrogen and oxygen atoms in total. The number of hydrogen-bond acceptors (Lipinski definition) is 2. The van der Waals surface area contributed by atoms with Gasteiger partial charge in [0.1, 0.15) is 0 Å². The molecule has 0 bridgehead atoms. The minimum atomic E-state index is -0.585. The molecule has 1 radical (unpaired) electrons. The van der Waals surface area contributed by atoms with Crippen molar-refractivity contribution in [3.05, 3.63) is 48.0 Å². The van der Waals surface area contributed by atoms with Crippen molar-refractivity contribution in [2.24, 2.45) is 11.8 Å². The van der Waals surface area contributed by atoms with Crippen molar-refractivity contribution in [2.45, 2.75) is 25.7 Å². The number of rotatable bonds is 4. The first-order valence-electron chi connectivity index (χ1n) is 7.20. The van der Waals surface area contributed by atoms with Crippen molar-refractivity contribution in [1.82, 2.24) is 0 Å². The van der Waals surface area contributed by atoms with Crippen molar-refractivity contribution in [3.8, 4) is 0 Å². The Kier molecular flexibility index (Phi) is 3.64. The van der Waals surface area contributed by atoms with Crippen LogP contribution in [0, 0.1) is 11.8 Å². The zero-order valence-corrected chi connectivity index (χ0v) is 11.3. The van der Waals surface area contributed by atoms with E-state index in [-0.39, 0.29) is 11.7 Å². The van der Waals surface area contributed by atoms with Gasteiger partial charge in [0.25, 0.3) is 0 Å². The Morgan fingerprint density at radius 3 is 2.45 bits per heavy atom. The molecule has 20 heavy (non-hydrogen) atoms. The lowest BCUT2D eigenvalue weighted by molar-refractivity contribution is 0.0921. The summed E-state index contributed by atoms with van der Waals surface area (Å²) in [7, 11) is 0. The highest BCUT2D eigenvalue weighted by atomic mass is 16.1. The molecule has 1 fully saturated rings. The highest BCUT2D eigenvalue weighted by molar-refractivity contribution is 6.07. The van der Waals surface area contributed by atoms with Crippen LogP contribution in [0.25, 0.3) is 10.8 Å². The second-order valence-electron chi connectivity index (χ2n) is 5.57. The first kappa shape index (κ1) is 13.0. The third-order valence-electron chi connectivity index (χ3n) is 4.31. The van der Waals surface area contributed by atoms with Crippen molar-refractivity contribution in [1.29, 1.82) is 0 Å². The average molecular weight is 265 g/mol. The highest BCUT2D eigenvalue weighted by Crippen LogP contribution is 2.32. The van der Waals surface area contributed by atoms with Crippen LogP contribution in [-0.2, 0) is 4.79 Å². The summed E-state index contributed by atoms with van der Waals surface area (Å²) in [6.07, 6.45) is 6.17. The van der Waals surface area contributed by atoms with Gasteiger partial charge in [0, 0.05) is 5.56 Å². The molecule has 0 saturated heterocycles. The fourth-order valence-electron chi connectivity index (χ4n) is 3.18. The number of benzene rings is 2. The molecular formula is C18H17O2. The molecule has 0 aromatic heterocycles. The summed E-state index contributed by atoms with van der Waals surface area (Å²) < 4.78 is 0. The minimum absolute atomic E-state index is 0.0716. The predicted molar refractivity (Wildman–Crippen MR) is 79.4 cm³/mol. The maximum absolute atomic E-state index is 12.5. The lowest BCUT2D eigenvalue weighted by Crippen LogP contribution is -2.23. The molecule has 2 heteroatoms. The van der Waals surface area contributed by atoms with Crippen LogP contribution in [0.4, 0.5) is 0 Å². The van der Waals surface area contributed by atoms with Gasteiger partial charge in [-0.1, -0.05) is 49.2 Å². The van der Waals surface area contributed by atoms with Crippen LogP contribution >= 0.6 is 0 Å². The summed E-state index contributed by atoms with van der Waals surface area (Å²) in [6.45, 7) is 0. The molecule has 0 N–H and O–H groups in total. The van der Waals surface area contributed by atoms with Gasteiger partial charge in [-0.25, -0.2) is 0 Å². The Morgan fingerprint density at radius 1 is 1.05 bits per heavy atom. The Morgan fingerprint density at radius 2 is 1.75 bits per heavy atom. The molecular weight excluding hydrogens is 248 g/mol. The molecule has 2 aromatic rings. The third kappa shape index (κ3) is 2.38. The van der Waals surface area contributed by atoms with Crippen LogP contribution in [0.3, 0.4) is 0 Å². The summed E-state index contributed by atoms with van der Waals surface area (Å²) in [6, 6.07) is 13.6. The zero-order chi connectivity index (χ0) is 13.9. The molecule has 0 heterocycles. The Balaban J connectivity index is 1.92. The molecule has 1 atom stereocenters. The molecule has 1 unspecified atom stereocenters. The van der Waals surface area contributed by atoms with E-state index in [0.717, 1.165) is 36.5 Å². The van der Waals surface area contributed by atoms with Gasteiger partial charge in [0.15, 0.2) is 5.78 Å². The maximum atomic E-state index is 12.5. The van der Waals surface area contributed by atoms with Gasteiger partial charge in [0.05, 0.1) is 5.92 Å². The van der Waals surface area contributed by atoms with Gasteiger partial charge in [-0.05, 0) is 35.6 Å². The van der Waals surface area contributed by atoms with E-state index in [1.54, 1.807) is 0 Å². The van der Waals surface area contributed by atoms with E-state index < -0.39 is 5.92 Å². The number of fused-ring (bicyclic) bond motifs is 1. The van der Waals surface area contributed by atoms with Crippen LogP contribution in [0.5, 0.6) is 0 Å². The second kappa shape index (κ2) is 5.58. The number of Topliss-reactive ketones (excluding diaryl/α,β-unsaturated/α-hetero) is 1. The minimum Gasteiger partial charge on any atom is -0.293 e. The van der Waals surface area contributed by atoms with E-state index in [9.17, 15) is 9.59 Å². The number of ketones is 1. The van der Waals surface area contributed by atoms with Gasteiger partial charge in [0.2, 0.25) is 6.29 Å². The van der Waals surface area contributed by atoms with Crippen molar-refractivity contribution in [3.63, 3.8) is 0 Å². The molecule has 3 rings (SSSR count). The largest absolute Gasteiger partial charge is 0.293 e. The van der Waals surface area contributed by atoms with Crippen LogP contribution in [-0.4, -0.2) is 12.1 Å². The fraction of sp³-hybridized carbons (Fsp3) is 0.333. The van der Waals surface area contributed by atoms with Crippen LogP contribution in [0.15, 0.2) is 42.5 Å². The van der Waals surface area contributed by atoms with Crippen molar-refractivity contribution in [2.75, 3.05) is 0 Å². The van der Waals surface area contributed by atoms with Crippen molar-refractivity contribution >= 4 is 22.8 Å². The summed E-state index contributed by atoms with van der Waals surface area (Å²) in [5.74, 6) is -0.470. The van der Waals surface area contributed by atoms with Crippen LogP contribution < -0.4 is 0 Å². The maximum Gasteiger partial charge on any atom is 0.210 e. The van der Waals surface area contributed by atoms with Gasteiger partial charge in [-0.3, -0.25) is 9.59 Å². The van der Waals surface area contributed by atoms with Crippen LogP contribution in [0.1, 0.15) is 36.0 Å². The van der Waals surface area contributed by atoms with Crippen LogP contribution in [0.2, 0.25) is 0 Å². The van der Waals surface area contributed by atoms with Crippen molar-refractivity contribution < 1.29 is 9.59 Å². The normalized spacial score (nSPS) is 17.2. The molecule has 1 saturated carbocycles. The first-order chi connectivity index (χ1) is 9.79. The van der Waals surface area contributed by atoms with E-state index in [2.05, 4.69) is 0 Å². The van der Waals surface area contributed by atoms with E-state index >= 15 is 0 Å². The fourth-order valence-corrected chi connectivity index (χ4v) is 3.18. The SMILES string of the molecule is O=[C]C(C(=O)c1ccc2ccccc2c1)C1CCCC1. The topological polar surface area (TPSA) is 34.1 Å². The van der Waals surface area contributed by atoms with E-state index in [1.807, 2.05) is 48.8 Å². The summed E-state index contributed by atoms with van der Waals surface area (Å²) in [5, 5.41) is 2.14. The summed E-state index contributed by atoms with van der Waals surface area (Å²) in [5.41, 5.74) is 0.629. The Hall–Kier alpha value is -1.96. The number of carbonyl (C=O) groups is 1. The number of carbonyl (C=O) groups excluding carboxylic acids is 2. The zero-order valence-electron chi connectivity index (χ0n) is 11.3.